The molecule has 0 aliphatic heterocycles. The average Bonchev–Trinajstić information content (AvgIpc) is 2.86. The lowest BCUT2D eigenvalue weighted by Gasteiger charge is -2.20. The fourth-order valence-corrected chi connectivity index (χ4v) is 3.29. The Morgan fingerprint density at radius 3 is 2.33 bits per heavy atom. The zero-order valence-corrected chi connectivity index (χ0v) is 15.3. The van der Waals surface area contributed by atoms with Gasteiger partial charge in [-0.05, 0) is 51.3 Å². The van der Waals surface area contributed by atoms with Crippen molar-refractivity contribution in [3.63, 3.8) is 0 Å². The predicted molar refractivity (Wildman–Crippen MR) is 96.5 cm³/mol. The number of carbonyl (C=O) groups is 1. The first kappa shape index (κ1) is 18.6. The van der Waals surface area contributed by atoms with Gasteiger partial charge in [-0.1, -0.05) is 31.7 Å². The molecular formula is C20H31NO3. The van der Waals surface area contributed by atoms with Crippen LogP contribution in [0, 0.1) is 5.92 Å². The van der Waals surface area contributed by atoms with Crippen LogP contribution in [0.3, 0.4) is 0 Å². The summed E-state index contributed by atoms with van der Waals surface area (Å²) < 4.78 is 11.3. The van der Waals surface area contributed by atoms with Crippen LogP contribution in [-0.2, 0) is 4.79 Å². The molecule has 0 heterocycles. The van der Waals surface area contributed by atoms with Crippen molar-refractivity contribution in [2.75, 3.05) is 13.2 Å². The first-order chi connectivity index (χ1) is 11.7. The van der Waals surface area contributed by atoms with E-state index in [1.807, 2.05) is 39.0 Å². The second-order valence-electron chi connectivity index (χ2n) is 6.49. The summed E-state index contributed by atoms with van der Waals surface area (Å²) in [6.45, 7) is 7.14. The third-order valence-electron chi connectivity index (χ3n) is 4.65. The van der Waals surface area contributed by atoms with Gasteiger partial charge in [0.15, 0.2) is 11.5 Å². The molecule has 4 nitrogen and oxygen atoms in total. The molecule has 1 aromatic carbocycles. The fraction of sp³-hybridized carbons (Fsp3) is 0.650. The molecule has 134 valence electrons. The summed E-state index contributed by atoms with van der Waals surface area (Å²) in [7, 11) is 0. The Balaban J connectivity index is 2.03. The molecule has 1 aliphatic carbocycles. The summed E-state index contributed by atoms with van der Waals surface area (Å²) in [6, 6.07) is 5.88. The summed E-state index contributed by atoms with van der Waals surface area (Å²) in [5.41, 5.74) is 1.05. The molecule has 0 radical (unpaired) electrons. The SMILES string of the molecule is CCOc1ccc(C(C)NC(=O)C2CCCCCC2)cc1OCC. The average molecular weight is 333 g/mol. The first-order valence-electron chi connectivity index (χ1n) is 9.35. The summed E-state index contributed by atoms with van der Waals surface area (Å²) in [6.07, 6.45) is 6.90. The van der Waals surface area contributed by atoms with Crippen LogP contribution < -0.4 is 14.8 Å². The quantitative estimate of drug-likeness (QED) is 0.740. The minimum absolute atomic E-state index is 0.0318. The number of nitrogens with one attached hydrogen (secondary N) is 1. The third kappa shape index (κ3) is 5.15. The van der Waals surface area contributed by atoms with E-state index in [2.05, 4.69) is 5.32 Å². The van der Waals surface area contributed by atoms with Crippen molar-refractivity contribution in [1.82, 2.24) is 5.32 Å². The molecule has 1 atom stereocenters. The molecule has 2 rings (SSSR count). The van der Waals surface area contributed by atoms with E-state index in [9.17, 15) is 4.79 Å². The number of hydrogen-bond acceptors (Lipinski definition) is 3. The lowest BCUT2D eigenvalue weighted by Crippen LogP contribution is -2.32. The number of ether oxygens (including phenoxy) is 2. The number of carbonyl (C=O) groups excluding carboxylic acids is 1. The van der Waals surface area contributed by atoms with Crippen LogP contribution in [-0.4, -0.2) is 19.1 Å². The fourth-order valence-electron chi connectivity index (χ4n) is 3.29. The van der Waals surface area contributed by atoms with Crippen LogP contribution in [0.5, 0.6) is 11.5 Å². The van der Waals surface area contributed by atoms with Crippen LogP contribution in [0.1, 0.15) is 70.9 Å². The third-order valence-corrected chi connectivity index (χ3v) is 4.65. The van der Waals surface area contributed by atoms with E-state index in [4.69, 9.17) is 9.47 Å². The van der Waals surface area contributed by atoms with Gasteiger partial charge in [-0.25, -0.2) is 0 Å². The zero-order chi connectivity index (χ0) is 17.4. The molecule has 1 fully saturated rings. The molecule has 0 saturated heterocycles. The van der Waals surface area contributed by atoms with Crippen molar-refractivity contribution >= 4 is 5.91 Å². The van der Waals surface area contributed by atoms with E-state index in [1.165, 1.54) is 25.7 Å². The molecule has 1 aliphatic rings. The van der Waals surface area contributed by atoms with Gasteiger partial charge in [0.1, 0.15) is 0 Å². The number of amides is 1. The molecule has 1 N–H and O–H groups in total. The Morgan fingerprint density at radius 1 is 1.08 bits per heavy atom. The molecule has 24 heavy (non-hydrogen) atoms. The highest BCUT2D eigenvalue weighted by molar-refractivity contribution is 5.79. The molecule has 1 saturated carbocycles. The maximum atomic E-state index is 12.5. The van der Waals surface area contributed by atoms with Gasteiger partial charge in [-0.2, -0.15) is 0 Å². The molecule has 4 heteroatoms. The number of hydrogen-bond donors (Lipinski definition) is 1. The van der Waals surface area contributed by atoms with Gasteiger partial charge in [-0.3, -0.25) is 4.79 Å². The van der Waals surface area contributed by atoms with Crippen molar-refractivity contribution in [3.8, 4) is 11.5 Å². The first-order valence-corrected chi connectivity index (χ1v) is 9.35. The highest BCUT2D eigenvalue weighted by atomic mass is 16.5. The van der Waals surface area contributed by atoms with E-state index in [0.717, 1.165) is 29.9 Å². The maximum Gasteiger partial charge on any atom is 0.223 e. The summed E-state index contributed by atoms with van der Waals surface area (Å²) in [5, 5.41) is 3.18. The van der Waals surface area contributed by atoms with Gasteiger partial charge in [0.25, 0.3) is 0 Å². The van der Waals surface area contributed by atoms with Gasteiger partial charge in [0.05, 0.1) is 19.3 Å². The van der Waals surface area contributed by atoms with Crippen molar-refractivity contribution in [3.05, 3.63) is 23.8 Å². The summed E-state index contributed by atoms with van der Waals surface area (Å²) in [4.78, 5) is 12.5. The lowest BCUT2D eigenvalue weighted by atomic mass is 9.98. The van der Waals surface area contributed by atoms with E-state index >= 15 is 0 Å². The Hall–Kier alpha value is -1.71. The highest BCUT2D eigenvalue weighted by Gasteiger charge is 2.22. The molecule has 0 spiro atoms. The highest BCUT2D eigenvalue weighted by Crippen LogP contribution is 2.31. The Bertz CT molecular complexity index is 522. The minimum Gasteiger partial charge on any atom is -0.490 e. The minimum atomic E-state index is -0.0318. The van der Waals surface area contributed by atoms with E-state index < -0.39 is 0 Å². The number of benzene rings is 1. The summed E-state index contributed by atoms with van der Waals surface area (Å²) in [5.74, 6) is 1.86. The van der Waals surface area contributed by atoms with Gasteiger partial charge in [-0.15, -0.1) is 0 Å². The lowest BCUT2D eigenvalue weighted by molar-refractivity contribution is -0.126. The largest absolute Gasteiger partial charge is 0.490 e. The van der Waals surface area contributed by atoms with Gasteiger partial charge >= 0.3 is 0 Å². The van der Waals surface area contributed by atoms with Crippen LogP contribution >= 0.6 is 0 Å². The topological polar surface area (TPSA) is 47.6 Å². The van der Waals surface area contributed by atoms with Crippen LogP contribution in [0.2, 0.25) is 0 Å². The molecule has 0 aromatic heterocycles. The van der Waals surface area contributed by atoms with Crippen molar-refractivity contribution in [2.45, 2.75) is 65.3 Å². The monoisotopic (exact) mass is 333 g/mol. The molecule has 1 aromatic rings. The molecule has 1 amide bonds. The second kappa shape index (κ2) is 9.55. The van der Waals surface area contributed by atoms with Crippen molar-refractivity contribution in [2.24, 2.45) is 5.92 Å². The van der Waals surface area contributed by atoms with Crippen LogP contribution in [0.15, 0.2) is 18.2 Å². The Labute approximate surface area is 145 Å². The van der Waals surface area contributed by atoms with E-state index in [1.54, 1.807) is 0 Å². The van der Waals surface area contributed by atoms with Crippen molar-refractivity contribution < 1.29 is 14.3 Å². The van der Waals surface area contributed by atoms with Gasteiger partial charge in [0, 0.05) is 5.92 Å². The van der Waals surface area contributed by atoms with Crippen LogP contribution in [0.4, 0.5) is 0 Å². The van der Waals surface area contributed by atoms with Crippen molar-refractivity contribution in [1.29, 1.82) is 0 Å². The Kier molecular flexibility index (Phi) is 7.41. The Morgan fingerprint density at radius 2 is 1.71 bits per heavy atom. The molecular weight excluding hydrogens is 302 g/mol. The second-order valence-corrected chi connectivity index (χ2v) is 6.49. The predicted octanol–water partition coefficient (Wildman–Crippen LogP) is 4.63. The molecule has 0 bridgehead atoms. The standard InChI is InChI=1S/C20H31NO3/c1-4-23-18-13-12-17(14-19(18)24-5-2)15(3)21-20(22)16-10-8-6-7-9-11-16/h12-16H,4-11H2,1-3H3,(H,21,22). The smallest absolute Gasteiger partial charge is 0.223 e. The van der Waals surface area contributed by atoms with E-state index in [0.29, 0.717) is 13.2 Å². The maximum absolute atomic E-state index is 12.5. The van der Waals surface area contributed by atoms with Gasteiger partial charge < -0.3 is 14.8 Å². The zero-order valence-electron chi connectivity index (χ0n) is 15.3. The molecule has 1 unspecified atom stereocenters. The summed E-state index contributed by atoms with van der Waals surface area (Å²) >= 11 is 0. The van der Waals surface area contributed by atoms with Gasteiger partial charge in [0.2, 0.25) is 5.91 Å². The normalized spacial score (nSPS) is 17.0. The number of rotatable bonds is 7. The van der Waals surface area contributed by atoms with Crippen LogP contribution in [0.25, 0.3) is 0 Å². The van der Waals surface area contributed by atoms with E-state index in [-0.39, 0.29) is 17.9 Å².